The van der Waals surface area contributed by atoms with E-state index in [2.05, 4.69) is 5.10 Å². The molecular weight excluding hydrogens is 218 g/mol. The minimum absolute atomic E-state index is 0.178. The lowest BCUT2D eigenvalue weighted by atomic mass is 10.1. The minimum atomic E-state index is -0.178. The normalized spacial score (nSPS) is 13.1. The van der Waals surface area contributed by atoms with Gasteiger partial charge in [0.15, 0.2) is 0 Å². The van der Waals surface area contributed by atoms with E-state index in [0.717, 1.165) is 15.5 Å². The van der Waals surface area contributed by atoms with E-state index in [9.17, 15) is 0 Å². The van der Waals surface area contributed by atoms with Crippen LogP contribution in [0, 0.1) is 0 Å². The summed E-state index contributed by atoms with van der Waals surface area (Å²) in [6.07, 6.45) is 3.66. The molecule has 14 heavy (non-hydrogen) atoms. The number of aryl methyl sites for hydroxylation is 1. The molecular formula is C9H10ClN3S. The van der Waals surface area contributed by atoms with Crippen molar-refractivity contribution in [3.05, 3.63) is 39.3 Å². The van der Waals surface area contributed by atoms with E-state index in [-0.39, 0.29) is 6.04 Å². The molecule has 0 aromatic carbocycles. The van der Waals surface area contributed by atoms with Gasteiger partial charge in [-0.25, -0.2) is 0 Å². The van der Waals surface area contributed by atoms with Crippen molar-refractivity contribution in [2.45, 2.75) is 6.04 Å². The van der Waals surface area contributed by atoms with Crippen LogP contribution in [-0.4, -0.2) is 9.78 Å². The lowest BCUT2D eigenvalue weighted by Gasteiger charge is -2.07. The van der Waals surface area contributed by atoms with Crippen LogP contribution in [-0.2, 0) is 7.05 Å². The number of hydrogen-bond donors (Lipinski definition) is 1. The SMILES string of the molecule is Cn1cc(C(N)c2ccsc2Cl)cn1. The van der Waals surface area contributed by atoms with Crippen molar-refractivity contribution in [2.75, 3.05) is 0 Å². The third-order valence-corrected chi connectivity index (χ3v) is 3.27. The lowest BCUT2D eigenvalue weighted by molar-refractivity contribution is 0.765. The van der Waals surface area contributed by atoms with Crippen molar-refractivity contribution in [3.63, 3.8) is 0 Å². The van der Waals surface area contributed by atoms with E-state index in [1.807, 2.05) is 24.7 Å². The summed E-state index contributed by atoms with van der Waals surface area (Å²) >= 11 is 7.50. The van der Waals surface area contributed by atoms with Crippen molar-refractivity contribution in [1.82, 2.24) is 9.78 Å². The van der Waals surface area contributed by atoms with Gasteiger partial charge in [0, 0.05) is 24.4 Å². The number of aromatic nitrogens is 2. The fourth-order valence-corrected chi connectivity index (χ4v) is 2.31. The lowest BCUT2D eigenvalue weighted by Crippen LogP contribution is -2.10. The topological polar surface area (TPSA) is 43.8 Å². The Labute approximate surface area is 91.1 Å². The Morgan fingerprint density at radius 1 is 1.64 bits per heavy atom. The minimum Gasteiger partial charge on any atom is -0.320 e. The third kappa shape index (κ3) is 1.68. The molecule has 74 valence electrons. The van der Waals surface area contributed by atoms with Gasteiger partial charge in [-0.1, -0.05) is 11.6 Å². The van der Waals surface area contributed by atoms with Crippen molar-refractivity contribution >= 4 is 22.9 Å². The Hall–Kier alpha value is -0.840. The summed E-state index contributed by atoms with van der Waals surface area (Å²) in [6.45, 7) is 0. The molecule has 0 aliphatic heterocycles. The third-order valence-electron chi connectivity index (χ3n) is 2.07. The molecule has 1 unspecified atom stereocenters. The van der Waals surface area contributed by atoms with Crippen LogP contribution < -0.4 is 5.73 Å². The van der Waals surface area contributed by atoms with Crippen LogP contribution >= 0.6 is 22.9 Å². The van der Waals surface area contributed by atoms with E-state index in [1.165, 1.54) is 11.3 Å². The largest absolute Gasteiger partial charge is 0.320 e. The van der Waals surface area contributed by atoms with Crippen LogP contribution in [0.1, 0.15) is 17.2 Å². The summed E-state index contributed by atoms with van der Waals surface area (Å²) in [5.74, 6) is 0. The van der Waals surface area contributed by atoms with Crippen LogP contribution in [0.4, 0.5) is 0 Å². The molecule has 2 N–H and O–H groups in total. The number of thiophene rings is 1. The van der Waals surface area contributed by atoms with Gasteiger partial charge < -0.3 is 5.73 Å². The van der Waals surface area contributed by atoms with E-state index in [1.54, 1.807) is 10.9 Å². The van der Waals surface area contributed by atoms with Crippen molar-refractivity contribution in [3.8, 4) is 0 Å². The van der Waals surface area contributed by atoms with Gasteiger partial charge in [-0.05, 0) is 11.4 Å². The Morgan fingerprint density at radius 2 is 2.43 bits per heavy atom. The first-order valence-corrected chi connectivity index (χ1v) is 5.41. The fraction of sp³-hybridized carbons (Fsp3) is 0.222. The molecule has 0 saturated carbocycles. The molecule has 0 spiro atoms. The Balaban J connectivity index is 2.33. The maximum Gasteiger partial charge on any atom is 0.0979 e. The second-order valence-corrected chi connectivity index (χ2v) is 4.59. The van der Waals surface area contributed by atoms with Crippen LogP contribution in [0.3, 0.4) is 0 Å². The zero-order valence-electron chi connectivity index (χ0n) is 7.64. The second kappa shape index (κ2) is 3.73. The van der Waals surface area contributed by atoms with Gasteiger partial charge >= 0.3 is 0 Å². The molecule has 0 radical (unpaired) electrons. The first-order chi connectivity index (χ1) is 6.68. The first kappa shape index (κ1) is 9.71. The van der Waals surface area contributed by atoms with E-state index in [4.69, 9.17) is 17.3 Å². The van der Waals surface area contributed by atoms with Crippen molar-refractivity contribution in [1.29, 1.82) is 0 Å². The summed E-state index contributed by atoms with van der Waals surface area (Å²) in [6, 6.07) is 1.77. The van der Waals surface area contributed by atoms with Crippen molar-refractivity contribution < 1.29 is 0 Å². The Bertz CT molecular complexity index is 435. The molecule has 0 saturated heterocycles. The van der Waals surface area contributed by atoms with Gasteiger partial charge in [0.1, 0.15) is 0 Å². The average Bonchev–Trinajstić information content (AvgIpc) is 2.73. The highest BCUT2D eigenvalue weighted by Gasteiger charge is 2.14. The van der Waals surface area contributed by atoms with Crippen LogP contribution in [0.15, 0.2) is 23.8 Å². The molecule has 0 fully saturated rings. The highest BCUT2D eigenvalue weighted by molar-refractivity contribution is 7.14. The molecule has 2 heterocycles. The second-order valence-electron chi connectivity index (χ2n) is 3.07. The molecule has 0 aliphatic carbocycles. The summed E-state index contributed by atoms with van der Waals surface area (Å²) in [5, 5.41) is 6.01. The standard InChI is InChI=1S/C9H10ClN3S/c1-13-5-6(4-12-13)8(11)7-2-3-14-9(7)10/h2-5,8H,11H2,1H3. The summed E-state index contributed by atoms with van der Waals surface area (Å²) in [4.78, 5) is 0. The average molecular weight is 228 g/mol. The molecule has 2 aromatic heterocycles. The summed E-state index contributed by atoms with van der Waals surface area (Å²) in [7, 11) is 1.87. The number of halogens is 1. The number of nitrogens with zero attached hydrogens (tertiary/aromatic N) is 2. The predicted molar refractivity (Wildman–Crippen MR) is 58.6 cm³/mol. The van der Waals surface area contributed by atoms with Gasteiger partial charge in [-0.2, -0.15) is 5.10 Å². The number of hydrogen-bond acceptors (Lipinski definition) is 3. The van der Waals surface area contributed by atoms with E-state index < -0.39 is 0 Å². The fourth-order valence-electron chi connectivity index (χ4n) is 1.31. The number of rotatable bonds is 2. The van der Waals surface area contributed by atoms with Gasteiger partial charge in [-0.3, -0.25) is 4.68 Å². The predicted octanol–water partition coefficient (Wildman–Crippen LogP) is 2.18. The van der Waals surface area contributed by atoms with Gasteiger partial charge in [-0.15, -0.1) is 11.3 Å². The Kier molecular flexibility index (Phi) is 2.58. The highest BCUT2D eigenvalue weighted by atomic mass is 35.5. The zero-order valence-corrected chi connectivity index (χ0v) is 9.22. The molecule has 0 bridgehead atoms. The molecule has 5 heteroatoms. The summed E-state index contributed by atoms with van der Waals surface area (Å²) < 4.78 is 2.48. The monoisotopic (exact) mass is 227 g/mol. The van der Waals surface area contributed by atoms with Crippen molar-refractivity contribution in [2.24, 2.45) is 12.8 Å². The van der Waals surface area contributed by atoms with Crippen LogP contribution in [0.25, 0.3) is 0 Å². The quantitative estimate of drug-likeness (QED) is 0.855. The molecule has 0 amide bonds. The molecule has 2 aromatic rings. The highest BCUT2D eigenvalue weighted by Crippen LogP contribution is 2.30. The van der Waals surface area contributed by atoms with Gasteiger partial charge in [0.2, 0.25) is 0 Å². The molecule has 2 rings (SSSR count). The summed E-state index contributed by atoms with van der Waals surface area (Å²) in [5.41, 5.74) is 7.99. The number of nitrogens with two attached hydrogens (primary N) is 1. The Morgan fingerprint density at radius 3 is 2.93 bits per heavy atom. The molecule has 1 atom stereocenters. The maximum atomic E-state index is 6.04. The molecule has 0 aliphatic rings. The van der Waals surface area contributed by atoms with Crippen LogP contribution in [0.5, 0.6) is 0 Å². The first-order valence-electron chi connectivity index (χ1n) is 4.15. The smallest absolute Gasteiger partial charge is 0.0979 e. The molecule has 3 nitrogen and oxygen atoms in total. The maximum absolute atomic E-state index is 6.04. The van der Waals surface area contributed by atoms with Gasteiger partial charge in [0.05, 0.1) is 16.6 Å². The van der Waals surface area contributed by atoms with E-state index >= 15 is 0 Å². The zero-order chi connectivity index (χ0) is 10.1. The van der Waals surface area contributed by atoms with E-state index in [0.29, 0.717) is 0 Å². The van der Waals surface area contributed by atoms with Gasteiger partial charge in [0.25, 0.3) is 0 Å². The van der Waals surface area contributed by atoms with Crippen LogP contribution in [0.2, 0.25) is 4.34 Å².